The van der Waals surface area contributed by atoms with E-state index in [0.717, 1.165) is 12.8 Å². The van der Waals surface area contributed by atoms with Crippen molar-refractivity contribution in [2.24, 2.45) is 11.7 Å². The third-order valence-electron chi connectivity index (χ3n) is 3.86. The van der Waals surface area contributed by atoms with Gasteiger partial charge in [-0.1, -0.05) is 38.1 Å². The molecule has 0 saturated heterocycles. The lowest BCUT2D eigenvalue weighted by atomic mass is 10.1. The van der Waals surface area contributed by atoms with Gasteiger partial charge >= 0.3 is 0 Å². The zero-order valence-corrected chi connectivity index (χ0v) is 12.6. The third kappa shape index (κ3) is 4.04. The first-order chi connectivity index (χ1) is 9.97. The van der Waals surface area contributed by atoms with E-state index in [1.807, 2.05) is 26.0 Å². The van der Waals surface area contributed by atoms with Gasteiger partial charge in [-0.25, -0.2) is 0 Å². The molecule has 0 bridgehead atoms. The van der Waals surface area contributed by atoms with E-state index in [1.165, 1.54) is 11.1 Å². The van der Waals surface area contributed by atoms with E-state index in [4.69, 9.17) is 5.73 Å². The average Bonchev–Trinajstić information content (AvgIpc) is 2.85. The van der Waals surface area contributed by atoms with Gasteiger partial charge in [-0.3, -0.25) is 9.59 Å². The van der Waals surface area contributed by atoms with Crippen molar-refractivity contribution in [3.8, 4) is 0 Å². The van der Waals surface area contributed by atoms with E-state index in [1.54, 1.807) is 0 Å². The molecule has 0 unspecified atom stereocenters. The van der Waals surface area contributed by atoms with Crippen molar-refractivity contribution in [2.75, 3.05) is 6.54 Å². The van der Waals surface area contributed by atoms with Gasteiger partial charge in [-0.15, -0.1) is 0 Å². The second-order valence-electron chi connectivity index (χ2n) is 5.93. The molecule has 2 rings (SSSR count). The van der Waals surface area contributed by atoms with E-state index in [2.05, 4.69) is 22.8 Å². The Labute approximate surface area is 125 Å². The summed E-state index contributed by atoms with van der Waals surface area (Å²) in [6.45, 7) is 3.73. The molecule has 4 N–H and O–H groups in total. The van der Waals surface area contributed by atoms with E-state index in [-0.39, 0.29) is 30.3 Å². The van der Waals surface area contributed by atoms with Crippen molar-refractivity contribution in [1.29, 1.82) is 0 Å². The molecule has 2 amide bonds. The molecule has 1 aromatic rings. The molecule has 1 aromatic carbocycles. The number of rotatable bonds is 5. The minimum atomic E-state index is -0.575. The fourth-order valence-corrected chi connectivity index (χ4v) is 2.53. The van der Waals surface area contributed by atoms with Crippen LogP contribution in [0.5, 0.6) is 0 Å². The second-order valence-corrected chi connectivity index (χ2v) is 5.93. The third-order valence-corrected chi connectivity index (χ3v) is 3.86. The SMILES string of the molecule is CC(C)[C@H](N)C(=O)NCC(=O)NC1Cc2ccccc2C1. The van der Waals surface area contributed by atoms with Crippen LogP contribution in [0.15, 0.2) is 24.3 Å². The minimum Gasteiger partial charge on any atom is -0.351 e. The summed E-state index contributed by atoms with van der Waals surface area (Å²) in [6, 6.07) is 7.74. The van der Waals surface area contributed by atoms with E-state index >= 15 is 0 Å². The van der Waals surface area contributed by atoms with Crippen molar-refractivity contribution in [2.45, 2.75) is 38.8 Å². The molecule has 21 heavy (non-hydrogen) atoms. The smallest absolute Gasteiger partial charge is 0.239 e. The van der Waals surface area contributed by atoms with Crippen LogP contribution in [-0.2, 0) is 22.4 Å². The maximum absolute atomic E-state index is 11.9. The van der Waals surface area contributed by atoms with E-state index in [0.29, 0.717) is 0 Å². The Morgan fingerprint density at radius 1 is 1.24 bits per heavy atom. The molecule has 1 aliphatic rings. The summed E-state index contributed by atoms with van der Waals surface area (Å²) in [4.78, 5) is 23.6. The number of nitrogens with two attached hydrogens (primary N) is 1. The van der Waals surface area contributed by atoms with Crippen molar-refractivity contribution >= 4 is 11.8 Å². The highest BCUT2D eigenvalue weighted by Gasteiger charge is 2.23. The lowest BCUT2D eigenvalue weighted by molar-refractivity contribution is -0.127. The molecule has 0 aromatic heterocycles. The van der Waals surface area contributed by atoms with Crippen molar-refractivity contribution in [1.82, 2.24) is 10.6 Å². The van der Waals surface area contributed by atoms with Crippen LogP contribution in [0.3, 0.4) is 0 Å². The van der Waals surface area contributed by atoms with Gasteiger partial charge in [0.2, 0.25) is 11.8 Å². The highest BCUT2D eigenvalue weighted by molar-refractivity contribution is 5.87. The largest absolute Gasteiger partial charge is 0.351 e. The van der Waals surface area contributed by atoms with Crippen LogP contribution >= 0.6 is 0 Å². The van der Waals surface area contributed by atoms with Crippen molar-refractivity contribution < 1.29 is 9.59 Å². The van der Waals surface area contributed by atoms with Crippen LogP contribution in [0.1, 0.15) is 25.0 Å². The zero-order chi connectivity index (χ0) is 15.4. The van der Waals surface area contributed by atoms with E-state index < -0.39 is 6.04 Å². The van der Waals surface area contributed by atoms with Gasteiger partial charge in [-0.05, 0) is 29.9 Å². The number of carbonyl (C=O) groups excluding carboxylic acids is 2. The van der Waals surface area contributed by atoms with Gasteiger partial charge < -0.3 is 16.4 Å². The number of amides is 2. The fraction of sp³-hybridized carbons (Fsp3) is 0.500. The fourth-order valence-electron chi connectivity index (χ4n) is 2.53. The molecular formula is C16H23N3O2. The average molecular weight is 289 g/mol. The van der Waals surface area contributed by atoms with E-state index in [9.17, 15) is 9.59 Å². The topological polar surface area (TPSA) is 84.2 Å². The number of benzene rings is 1. The Kier molecular flexibility index (Phi) is 4.96. The Morgan fingerprint density at radius 3 is 2.33 bits per heavy atom. The molecule has 0 spiro atoms. The van der Waals surface area contributed by atoms with Crippen LogP contribution in [0, 0.1) is 5.92 Å². The highest BCUT2D eigenvalue weighted by Crippen LogP contribution is 2.21. The van der Waals surface area contributed by atoms with Crippen LogP contribution in [-0.4, -0.2) is 30.4 Å². The van der Waals surface area contributed by atoms with Gasteiger partial charge in [0.05, 0.1) is 12.6 Å². The second kappa shape index (κ2) is 6.72. The number of hydrogen-bond acceptors (Lipinski definition) is 3. The molecule has 1 aliphatic carbocycles. The summed E-state index contributed by atoms with van der Waals surface area (Å²) in [7, 11) is 0. The molecule has 0 saturated carbocycles. The molecule has 5 heteroatoms. The normalized spacial score (nSPS) is 15.6. The van der Waals surface area contributed by atoms with Crippen molar-refractivity contribution in [3.05, 3.63) is 35.4 Å². The number of hydrogen-bond donors (Lipinski definition) is 3. The predicted octanol–water partition coefficient (Wildman–Crippen LogP) is 0.370. The standard InChI is InChI=1S/C16H23N3O2/c1-10(2)15(17)16(21)18-9-14(20)19-13-7-11-5-3-4-6-12(11)8-13/h3-6,10,13,15H,7-9,17H2,1-2H3,(H,18,21)(H,19,20)/t15-/m0/s1. The predicted molar refractivity (Wildman–Crippen MR) is 81.6 cm³/mol. The Morgan fingerprint density at radius 2 is 1.81 bits per heavy atom. The molecule has 1 atom stereocenters. The summed E-state index contributed by atoms with van der Waals surface area (Å²) in [5.41, 5.74) is 8.30. The summed E-state index contributed by atoms with van der Waals surface area (Å²) in [5.74, 6) is -0.399. The maximum Gasteiger partial charge on any atom is 0.239 e. The van der Waals surface area contributed by atoms with Gasteiger partial charge in [0, 0.05) is 6.04 Å². The molecule has 0 radical (unpaired) electrons. The first kappa shape index (κ1) is 15.5. The molecular weight excluding hydrogens is 266 g/mol. The maximum atomic E-state index is 11.9. The lowest BCUT2D eigenvalue weighted by Gasteiger charge is -2.16. The van der Waals surface area contributed by atoms with Crippen LogP contribution in [0.4, 0.5) is 0 Å². The monoisotopic (exact) mass is 289 g/mol. The van der Waals surface area contributed by atoms with Gasteiger partial charge in [0.15, 0.2) is 0 Å². The minimum absolute atomic E-state index is 0.0217. The van der Waals surface area contributed by atoms with Gasteiger partial charge in [0.25, 0.3) is 0 Å². The molecule has 0 heterocycles. The first-order valence-corrected chi connectivity index (χ1v) is 7.37. The molecule has 0 aliphatic heterocycles. The molecule has 114 valence electrons. The summed E-state index contributed by atoms with van der Waals surface area (Å²) in [6.07, 6.45) is 1.70. The van der Waals surface area contributed by atoms with Crippen LogP contribution in [0.25, 0.3) is 0 Å². The summed E-state index contributed by atoms with van der Waals surface area (Å²) < 4.78 is 0. The number of nitrogens with one attached hydrogen (secondary N) is 2. The quantitative estimate of drug-likeness (QED) is 0.732. The Balaban J connectivity index is 1.75. The summed E-state index contributed by atoms with van der Waals surface area (Å²) >= 11 is 0. The molecule has 5 nitrogen and oxygen atoms in total. The van der Waals surface area contributed by atoms with Gasteiger partial charge in [-0.2, -0.15) is 0 Å². The number of fused-ring (bicyclic) bond motifs is 1. The van der Waals surface area contributed by atoms with Crippen LogP contribution in [0.2, 0.25) is 0 Å². The first-order valence-electron chi connectivity index (χ1n) is 7.37. The Bertz CT molecular complexity index is 503. The Hall–Kier alpha value is -1.88. The van der Waals surface area contributed by atoms with Gasteiger partial charge in [0.1, 0.15) is 0 Å². The lowest BCUT2D eigenvalue weighted by Crippen LogP contribution is -2.48. The summed E-state index contributed by atoms with van der Waals surface area (Å²) in [5, 5.41) is 5.54. The van der Waals surface area contributed by atoms with Crippen LogP contribution < -0.4 is 16.4 Å². The molecule has 0 fully saturated rings. The van der Waals surface area contributed by atoms with Crippen molar-refractivity contribution in [3.63, 3.8) is 0 Å². The highest BCUT2D eigenvalue weighted by atomic mass is 16.2. The zero-order valence-electron chi connectivity index (χ0n) is 12.6. The number of carbonyl (C=O) groups is 2.